The van der Waals surface area contributed by atoms with Gasteiger partial charge in [-0.3, -0.25) is 14.4 Å². The molecule has 0 atom stereocenters. The van der Waals surface area contributed by atoms with Crippen molar-refractivity contribution in [3.8, 4) is 0 Å². The van der Waals surface area contributed by atoms with Crippen molar-refractivity contribution in [3.05, 3.63) is 129 Å². The van der Waals surface area contributed by atoms with E-state index >= 15 is 0 Å². The standard InChI is InChI=1S/C29H18Cl2FN3O3S/c30-17-6-15-23(24(31)16-17)27(36)34-20-11-13-22(14-12-20)39-26-25(33-19-9-7-18(32)8-10-19)28(37)35(29(26)38)21-4-2-1-3-5-21/h1-16,33H,(H,34,36). The van der Waals surface area contributed by atoms with Crippen molar-refractivity contribution >= 4 is 69.7 Å². The second kappa shape index (κ2) is 11.3. The highest BCUT2D eigenvalue weighted by atomic mass is 35.5. The number of carbonyl (C=O) groups excluding carboxylic acids is 3. The number of imide groups is 1. The number of halogens is 3. The Morgan fingerprint density at radius 1 is 0.795 bits per heavy atom. The molecule has 0 aliphatic carbocycles. The molecule has 6 nitrogen and oxygen atoms in total. The summed E-state index contributed by atoms with van der Waals surface area (Å²) in [6, 6.07) is 25.5. The summed E-state index contributed by atoms with van der Waals surface area (Å²) in [6.07, 6.45) is 0. The molecule has 39 heavy (non-hydrogen) atoms. The molecule has 1 heterocycles. The summed E-state index contributed by atoms with van der Waals surface area (Å²) in [7, 11) is 0. The van der Waals surface area contributed by atoms with Gasteiger partial charge in [0.1, 0.15) is 16.4 Å². The number of nitrogens with zero attached hydrogens (tertiary/aromatic N) is 1. The minimum absolute atomic E-state index is 0.0789. The Morgan fingerprint density at radius 3 is 2.13 bits per heavy atom. The lowest BCUT2D eigenvalue weighted by Crippen LogP contribution is -2.32. The van der Waals surface area contributed by atoms with Gasteiger partial charge in [0, 0.05) is 21.3 Å². The van der Waals surface area contributed by atoms with Crippen LogP contribution in [-0.2, 0) is 9.59 Å². The van der Waals surface area contributed by atoms with Gasteiger partial charge in [0.25, 0.3) is 17.7 Å². The Kier molecular flexibility index (Phi) is 7.70. The molecular weight excluding hydrogens is 560 g/mol. The predicted molar refractivity (Wildman–Crippen MR) is 153 cm³/mol. The summed E-state index contributed by atoms with van der Waals surface area (Å²) in [5.41, 5.74) is 1.75. The lowest BCUT2D eigenvalue weighted by Gasteiger charge is -2.15. The van der Waals surface area contributed by atoms with Crippen LogP contribution in [0.4, 0.5) is 21.5 Å². The van der Waals surface area contributed by atoms with Gasteiger partial charge < -0.3 is 10.6 Å². The first-order valence-electron chi connectivity index (χ1n) is 11.5. The van der Waals surface area contributed by atoms with Crippen molar-refractivity contribution < 1.29 is 18.8 Å². The number of anilines is 3. The number of thioether (sulfide) groups is 1. The summed E-state index contributed by atoms with van der Waals surface area (Å²) < 4.78 is 13.4. The molecular formula is C29H18Cl2FN3O3S. The van der Waals surface area contributed by atoms with Crippen LogP contribution in [0.5, 0.6) is 0 Å². The van der Waals surface area contributed by atoms with Gasteiger partial charge in [-0.25, -0.2) is 9.29 Å². The number of benzene rings is 4. The SMILES string of the molecule is O=C(Nc1ccc(SC2=C(Nc3ccc(F)cc3)C(=O)N(c3ccccc3)C2=O)cc1)c1ccc(Cl)cc1Cl. The summed E-state index contributed by atoms with van der Waals surface area (Å²) in [5.74, 6) is -1.84. The molecule has 0 bridgehead atoms. The van der Waals surface area contributed by atoms with Crippen molar-refractivity contribution in [2.75, 3.05) is 15.5 Å². The van der Waals surface area contributed by atoms with E-state index in [9.17, 15) is 18.8 Å². The molecule has 3 amide bonds. The molecule has 1 aliphatic rings. The summed E-state index contributed by atoms with van der Waals surface area (Å²) in [6.45, 7) is 0. The molecule has 5 rings (SSSR count). The van der Waals surface area contributed by atoms with E-state index in [-0.39, 0.29) is 21.2 Å². The van der Waals surface area contributed by atoms with E-state index in [0.717, 1.165) is 16.7 Å². The van der Waals surface area contributed by atoms with Crippen LogP contribution in [0.3, 0.4) is 0 Å². The molecule has 4 aromatic rings. The van der Waals surface area contributed by atoms with Gasteiger partial charge in [0.05, 0.1) is 16.3 Å². The highest BCUT2D eigenvalue weighted by molar-refractivity contribution is 8.04. The number of hydrogen-bond acceptors (Lipinski definition) is 5. The molecule has 0 radical (unpaired) electrons. The van der Waals surface area contributed by atoms with E-state index in [2.05, 4.69) is 10.6 Å². The quantitative estimate of drug-likeness (QED) is 0.224. The first-order chi connectivity index (χ1) is 18.8. The molecule has 2 N–H and O–H groups in total. The van der Waals surface area contributed by atoms with Crippen LogP contribution in [-0.4, -0.2) is 17.7 Å². The van der Waals surface area contributed by atoms with Crippen molar-refractivity contribution in [1.82, 2.24) is 0 Å². The highest BCUT2D eigenvalue weighted by Gasteiger charge is 2.40. The minimum Gasteiger partial charge on any atom is -0.350 e. The number of para-hydroxylation sites is 1. The fraction of sp³-hybridized carbons (Fsp3) is 0. The van der Waals surface area contributed by atoms with Gasteiger partial charge in [-0.1, -0.05) is 53.2 Å². The maximum atomic E-state index is 13.4. The Morgan fingerprint density at radius 2 is 1.46 bits per heavy atom. The van der Waals surface area contributed by atoms with E-state index < -0.39 is 23.5 Å². The Balaban J connectivity index is 1.39. The van der Waals surface area contributed by atoms with Crippen LogP contribution in [0, 0.1) is 5.82 Å². The molecule has 1 aliphatic heterocycles. The van der Waals surface area contributed by atoms with Crippen LogP contribution in [0.15, 0.2) is 113 Å². The summed E-state index contributed by atoms with van der Waals surface area (Å²) in [5, 5.41) is 6.41. The Bertz CT molecular complexity index is 1610. The molecule has 0 saturated heterocycles. The average Bonchev–Trinajstić information content (AvgIpc) is 3.15. The average molecular weight is 578 g/mol. The Hall–Kier alpha value is -4.11. The predicted octanol–water partition coefficient (Wildman–Crippen LogP) is 7.37. The number of rotatable bonds is 7. The van der Waals surface area contributed by atoms with Crippen molar-refractivity contribution in [3.63, 3.8) is 0 Å². The fourth-order valence-electron chi connectivity index (χ4n) is 3.80. The van der Waals surface area contributed by atoms with E-state index in [1.807, 2.05) is 0 Å². The summed E-state index contributed by atoms with van der Waals surface area (Å²) in [4.78, 5) is 41.4. The summed E-state index contributed by atoms with van der Waals surface area (Å²) >= 11 is 13.1. The van der Waals surface area contributed by atoms with Crippen molar-refractivity contribution in [2.45, 2.75) is 4.90 Å². The number of nitrogens with one attached hydrogen (secondary N) is 2. The molecule has 0 aromatic heterocycles. The van der Waals surface area contributed by atoms with Gasteiger partial charge in [0.15, 0.2) is 0 Å². The third-order valence-corrected chi connectivity index (χ3v) is 7.32. The largest absolute Gasteiger partial charge is 0.350 e. The second-order valence-corrected chi connectivity index (χ2v) is 10.2. The monoisotopic (exact) mass is 577 g/mol. The first-order valence-corrected chi connectivity index (χ1v) is 13.1. The van der Waals surface area contributed by atoms with Crippen LogP contribution in [0.25, 0.3) is 0 Å². The van der Waals surface area contributed by atoms with E-state index in [4.69, 9.17) is 23.2 Å². The van der Waals surface area contributed by atoms with E-state index in [1.165, 1.54) is 36.4 Å². The van der Waals surface area contributed by atoms with Crippen LogP contribution in [0.1, 0.15) is 10.4 Å². The number of carbonyl (C=O) groups is 3. The smallest absolute Gasteiger partial charge is 0.283 e. The number of hydrogen-bond donors (Lipinski definition) is 2. The van der Waals surface area contributed by atoms with Crippen molar-refractivity contribution in [2.24, 2.45) is 0 Å². The second-order valence-electron chi connectivity index (χ2n) is 8.32. The maximum absolute atomic E-state index is 13.4. The topological polar surface area (TPSA) is 78.5 Å². The van der Waals surface area contributed by atoms with Gasteiger partial charge in [-0.15, -0.1) is 0 Å². The van der Waals surface area contributed by atoms with E-state index in [1.54, 1.807) is 60.7 Å². The van der Waals surface area contributed by atoms with Gasteiger partial charge in [-0.05, 0) is 78.9 Å². The molecule has 0 unspecified atom stereocenters. The van der Waals surface area contributed by atoms with E-state index in [0.29, 0.717) is 27.0 Å². The van der Waals surface area contributed by atoms with Crippen LogP contribution in [0.2, 0.25) is 10.0 Å². The van der Waals surface area contributed by atoms with Gasteiger partial charge >= 0.3 is 0 Å². The molecule has 0 saturated carbocycles. The van der Waals surface area contributed by atoms with Gasteiger partial charge in [-0.2, -0.15) is 0 Å². The third-order valence-electron chi connectivity index (χ3n) is 5.68. The highest BCUT2D eigenvalue weighted by Crippen LogP contribution is 2.38. The fourth-order valence-corrected chi connectivity index (χ4v) is 5.22. The molecule has 4 aromatic carbocycles. The molecule has 194 valence electrons. The lowest BCUT2D eigenvalue weighted by molar-refractivity contribution is -0.120. The maximum Gasteiger partial charge on any atom is 0.283 e. The molecule has 0 fully saturated rings. The van der Waals surface area contributed by atoms with Gasteiger partial charge in [0.2, 0.25) is 0 Å². The first kappa shape index (κ1) is 26.5. The zero-order valence-corrected chi connectivity index (χ0v) is 22.3. The minimum atomic E-state index is -0.526. The lowest BCUT2D eigenvalue weighted by atomic mass is 10.2. The normalized spacial score (nSPS) is 13.2. The van der Waals surface area contributed by atoms with Crippen LogP contribution < -0.4 is 15.5 Å². The zero-order chi connectivity index (χ0) is 27.5. The van der Waals surface area contributed by atoms with Crippen LogP contribution >= 0.6 is 35.0 Å². The zero-order valence-electron chi connectivity index (χ0n) is 20.0. The molecule has 0 spiro atoms. The molecule has 10 heteroatoms. The third kappa shape index (κ3) is 5.83. The number of amides is 3. The van der Waals surface area contributed by atoms with Crippen molar-refractivity contribution in [1.29, 1.82) is 0 Å². The Labute approximate surface area is 237 Å².